The molecule has 0 radical (unpaired) electrons. The van der Waals surface area contributed by atoms with Crippen LogP contribution in [0.4, 0.5) is 4.79 Å². The average molecular weight is 186 g/mol. The highest BCUT2D eigenvalue weighted by Crippen LogP contribution is 2.14. The summed E-state index contributed by atoms with van der Waals surface area (Å²) in [5.74, 6) is 0. The van der Waals surface area contributed by atoms with Gasteiger partial charge in [0.1, 0.15) is 5.60 Å². The first-order chi connectivity index (χ1) is 5.99. The molecule has 1 aliphatic heterocycles. The third kappa shape index (κ3) is 3.66. The van der Waals surface area contributed by atoms with Crippen molar-refractivity contribution >= 4 is 6.09 Å². The van der Waals surface area contributed by atoms with Crippen molar-refractivity contribution in [3.63, 3.8) is 0 Å². The number of hydrogen-bond acceptors (Lipinski definition) is 2. The van der Waals surface area contributed by atoms with Crippen LogP contribution in [0.25, 0.3) is 0 Å². The van der Waals surface area contributed by atoms with E-state index in [1.807, 2.05) is 20.8 Å². The Bertz CT molecular complexity index is 178. The lowest BCUT2D eigenvalue weighted by Crippen LogP contribution is -2.39. The molecule has 0 aromatic carbocycles. The van der Waals surface area contributed by atoms with E-state index in [2.05, 4.69) is 0 Å². The van der Waals surface area contributed by atoms with Crippen LogP contribution in [0.1, 0.15) is 40.0 Å². The van der Waals surface area contributed by atoms with Gasteiger partial charge in [-0.05, 0) is 40.0 Å². The van der Waals surface area contributed by atoms with Crippen LogP contribution >= 0.6 is 0 Å². The zero-order valence-corrected chi connectivity index (χ0v) is 8.80. The van der Waals surface area contributed by atoms with Crippen molar-refractivity contribution in [2.75, 3.05) is 13.1 Å². The summed E-state index contributed by atoms with van der Waals surface area (Å²) in [7, 11) is 0. The van der Waals surface area contributed by atoms with Crippen molar-refractivity contribution in [1.82, 2.24) is 4.90 Å². The largest absolute Gasteiger partial charge is 0.444 e. The number of ether oxygens (including phenoxy) is 1. The lowest BCUT2D eigenvalue weighted by Gasteiger charge is -2.29. The van der Waals surface area contributed by atoms with Gasteiger partial charge >= 0.3 is 6.09 Å². The molecule has 0 aromatic heterocycles. The standard InChI is InChI=1S/C10H19NO2/c1-10(2,3)13-9(12)11-7-5-4-6-8-11/h4-8H2,1-3H3/i1+1. The van der Waals surface area contributed by atoms with Crippen LogP contribution in [-0.2, 0) is 4.74 Å². The second-order valence-corrected chi connectivity index (χ2v) is 4.53. The minimum atomic E-state index is -0.367. The fourth-order valence-corrected chi connectivity index (χ4v) is 1.40. The molecule has 1 saturated heterocycles. The van der Waals surface area contributed by atoms with E-state index in [1.165, 1.54) is 6.42 Å². The Kier molecular flexibility index (Phi) is 3.17. The van der Waals surface area contributed by atoms with Gasteiger partial charge in [0, 0.05) is 13.1 Å². The molecule has 76 valence electrons. The molecule has 0 atom stereocenters. The molecule has 13 heavy (non-hydrogen) atoms. The molecule has 0 N–H and O–H groups in total. The number of rotatable bonds is 0. The first kappa shape index (κ1) is 10.4. The summed E-state index contributed by atoms with van der Waals surface area (Å²) in [5.41, 5.74) is -0.367. The van der Waals surface area contributed by atoms with Crippen LogP contribution in [0, 0.1) is 0 Å². The van der Waals surface area contributed by atoms with Crippen LogP contribution in [-0.4, -0.2) is 29.7 Å². The summed E-state index contributed by atoms with van der Waals surface area (Å²) in [6, 6.07) is 0. The molecule has 3 nitrogen and oxygen atoms in total. The third-order valence-corrected chi connectivity index (χ3v) is 2.01. The van der Waals surface area contributed by atoms with E-state index >= 15 is 0 Å². The van der Waals surface area contributed by atoms with E-state index in [-0.39, 0.29) is 11.7 Å². The van der Waals surface area contributed by atoms with Gasteiger partial charge in [-0.1, -0.05) is 0 Å². The summed E-state index contributed by atoms with van der Waals surface area (Å²) in [6.07, 6.45) is 3.30. The summed E-state index contributed by atoms with van der Waals surface area (Å²) in [4.78, 5) is 13.3. The molecule has 1 heterocycles. The second-order valence-electron chi connectivity index (χ2n) is 4.53. The van der Waals surface area contributed by atoms with E-state index in [0.29, 0.717) is 0 Å². The molecule has 0 aliphatic carbocycles. The maximum Gasteiger partial charge on any atom is 0.410 e. The van der Waals surface area contributed by atoms with Crippen LogP contribution in [0.5, 0.6) is 0 Å². The lowest BCUT2D eigenvalue weighted by molar-refractivity contribution is 0.0216. The highest BCUT2D eigenvalue weighted by atomic mass is 16.6. The van der Waals surface area contributed by atoms with Gasteiger partial charge in [0.15, 0.2) is 0 Å². The predicted octanol–water partition coefficient (Wildman–Crippen LogP) is 2.41. The van der Waals surface area contributed by atoms with E-state index < -0.39 is 0 Å². The van der Waals surface area contributed by atoms with Crippen LogP contribution in [0.15, 0.2) is 0 Å². The average Bonchev–Trinajstić information content (AvgIpc) is 2.03. The molecule has 0 unspecified atom stereocenters. The summed E-state index contributed by atoms with van der Waals surface area (Å²) in [6.45, 7) is 7.41. The number of piperidine rings is 1. The first-order valence-corrected chi connectivity index (χ1v) is 4.97. The number of hydrogen-bond donors (Lipinski definition) is 0. The summed E-state index contributed by atoms with van der Waals surface area (Å²) >= 11 is 0. The van der Waals surface area contributed by atoms with Crippen LogP contribution in [0.3, 0.4) is 0 Å². The first-order valence-electron chi connectivity index (χ1n) is 4.97. The molecule has 1 fully saturated rings. The third-order valence-electron chi connectivity index (χ3n) is 2.01. The van der Waals surface area contributed by atoms with Gasteiger partial charge < -0.3 is 9.64 Å². The smallest absolute Gasteiger partial charge is 0.410 e. The van der Waals surface area contributed by atoms with Crippen molar-refractivity contribution in [1.29, 1.82) is 0 Å². The maximum absolute atomic E-state index is 11.5. The predicted molar refractivity (Wildman–Crippen MR) is 51.7 cm³/mol. The quantitative estimate of drug-likeness (QED) is 0.544. The Morgan fingerprint density at radius 1 is 1.15 bits per heavy atom. The Labute approximate surface area is 80.1 Å². The van der Waals surface area contributed by atoms with Gasteiger partial charge in [-0.25, -0.2) is 4.79 Å². The fourth-order valence-electron chi connectivity index (χ4n) is 1.40. The minimum Gasteiger partial charge on any atom is -0.444 e. The Morgan fingerprint density at radius 2 is 1.69 bits per heavy atom. The Balaban J connectivity index is 2.38. The Morgan fingerprint density at radius 3 is 2.15 bits per heavy atom. The number of likely N-dealkylation sites (tertiary alicyclic amines) is 1. The maximum atomic E-state index is 11.5. The van der Waals surface area contributed by atoms with E-state index in [1.54, 1.807) is 4.90 Å². The molecular formula is C10H19NO2. The van der Waals surface area contributed by atoms with Gasteiger partial charge in [0.2, 0.25) is 0 Å². The minimum absolute atomic E-state index is 0.160. The Hall–Kier alpha value is -0.730. The number of amides is 1. The SMILES string of the molecule is CC(C)([13CH3])OC(=O)N1CCCCC1. The number of carbonyl (C=O) groups excluding carboxylic acids is 1. The summed E-state index contributed by atoms with van der Waals surface area (Å²) in [5, 5.41) is 0. The van der Waals surface area contributed by atoms with Crippen molar-refractivity contribution in [3.8, 4) is 0 Å². The van der Waals surface area contributed by atoms with Crippen LogP contribution < -0.4 is 0 Å². The number of carbonyl (C=O) groups is 1. The van der Waals surface area contributed by atoms with Crippen molar-refractivity contribution in [2.45, 2.75) is 45.6 Å². The van der Waals surface area contributed by atoms with Crippen molar-refractivity contribution in [3.05, 3.63) is 0 Å². The van der Waals surface area contributed by atoms with E-state index in [4.69, 9.17) is 4.74 Å². The van der Waals surface area contributed by atoms with Gasteiger partial charge in [-0.15, -0.1) is 0 Å². The monoisotopic (exact) mass is 186 g/mol. The molecule has 0 aromatic rings. The number of nitrogens with zero attached hydrogens (tertiary/aromatic N) is 1. The fraction of sp³-hybridized carbons (Fsp3) is 0.900. The molecule has 0 saturated carbocycles. The van der Waals surface area contributed by atoms with E-state index in [0.717, 1.165) is 25.9 Å². The van der Waals surface area contributed by atoms with Gasteiger partial charge in [0.25, 0.3) is 0 Å². The molecule has 1 aliphatic rings. The molecule has 3 heteroatoms. The highest BCUT2D eigenvalue weighted by Gasteiger charge is 2.22. The topological polar surface area (TPSA) is 29.5 Å². The van der Waals surface area contributed by atoms with Gasteiger partial charge in [-0.3, -0.25) is 0 Å². The molecule has 0 spiro atoms. The zero-order valence-electron chi connectivity index (χ0n) is 8.80. The van der Waals surface area contributed by atoms with Gasteiger partial charge in [-0.2, -0.15) is 0 Å². The van der Waals surface area contributed by atoms with Crippen molar-refractivity contribution < 1.29 is 9.53 Å². The van der Waals surface area contributed by atoms with E-state index in [9.17, 15) is 4.79 Å². The van der Waals surface area contributed by atoms with Crippen LogP contribution in [0.2, 0.25) is 0 Å². The normalized spacial score (nSPS) is 18.5. The second kappa shape index (κ2) is 3.99. The molecule has 1 amide bonds. The zero-order chi connectivity index (χ0) is 9.90. The highest BCUT2D eigenvalue weighted by molar-refractivity contribution is 5.68. The lowest BCUT2D eigenvalue weighted by atomic mass is 10.1. The molecular weight excluding hydrogens is 167 g/mol. The van der Waals surface area contributed by atoms with Gasteiger partial charge in [0.05, 0.1) is 0 Å². The van der Waals surface area contributed by atoms with Crippen molar-refractivity contribution in [2.24, 2.45) is 0 Å². The molecule has 0 bridgehead atoms. The summed E-state index contributed by atoms with van der Waals surface area (Å²) < 4.78 is 5.26. The molecule has 1 rings (SSSR count).